The summed E-state index contributed by atoms with van der Waals surface area (Å²) in [4.78, 5) is 25.1. The van der Waals surface area contributed by atoms with E-state index in [1.165, 1.54) is 12.1 Å². The van der Waals surface area contributed by atoms with E-state index in [0.29, 0.717) is 33.3 Å². The molecule has 5 rings (SSSR count). The molecular weight excluding hydrogens is 468 g/mol. The first-order chi connectivity index (χ1) is 17.2. The summed E-state index contributed by atoms with van der Waals surface area (Å²) < 4.78 is 10.4. The minimum atomic E-state index is -0.721. The van der Waals surface area contributed by atoms with E-state index >= 15 is 0 Å². The smallest absolute Gasteiger partial charge is 0.360 e. The van der Waals surface area contributed by atoms with Crippen molar-refractivity contribution in [3.8, 4) is 23.0 Å². The highest BCUT2D eigenvalue weighted by Gasteiger charge is 2.18. The molecule has 0 unspecified atom stereocenters. The number of aryl methyl sites for hydroxylation is 2. The third-order valence-corrected chi connectivity index (χ3v) is 6.00. The van der Waals surface area contributed by atoms with Crippen molar-refractivity contribution in [1.82, 2.24) is 0 Å². The number of phenols is 4. The average molecular weight is 488 g/mol. The van der Waals surface area contributed by atoms with Gasteiger partial charge in [0.05, 0.1) is 0 Å². The minimum Gasteiger partial charge on any atom is -0.504 e. The summed E-state index contributed by atoms with van der Waals surface area (Å²) in [5.41, 5.74) is 0.858. The summed E-state index contributed by atoms with van der Waals surface area (Å²) >= 11 is 0. The lowest BCUT2D eigenvalue weighted by atomic mass is 10.1. The maximum absolute atomic E-state index is 12.5. The van der Waals surface area contributed by atoms with Crippen LogP contribution in [0.4, 0.5) is 22.7 Å². The Bertz CT molecular complexity index is 1650. The van der Waals surface area contributed by atoms with Crippen LogP contribution in [0, 0.1) is 13.8 Å². The van der Waals surface area contributed by atoms with Gasteiger partial charge in [0.1, 0.15) is 11.4 Å². The Labute approximate surface area is 202 Å². The molecule has 0 aliphatic carbocycles. The molecule has 10 heteroatoms. The van der Waals surface area contributed by atoms with Crippen molar-refractivity contribution in [2.24, 2.45) is 0 Å². The van der Waals surface area contributed by atoms with Gasteiger partial charge < -0.3 is 39.9 Å². The van der Waals surface area contributed by atoms with Crippen LogP contribution >= 0.6 is 0 Å². The van der Waals surface area contributed by atoms with Gasteiger partial charge >= 0.3 is 11.3 Å². The summed E-state index contributed by atoms with van der Waals surface area (Å²) in [6.45, 7) is 3.38. The molecule has 182 valence electrons. The van der Waals surface area contributed by atoms with Gasteiger partial charge in [-0.05, 0) is 73.5 Å². The molecule has 0 atom stereocenters. The Balaban J connectivity index is 1.45. The molecule has 0 saturated heterocycles. The van der Waals surface area contributed by atoms with Crippen LogP contribution < -0.4 is 21.9 Å². The van der Waals surface area contributed by atoms with Crippen LogP contribution in [0.5, 0.6) is 23.0 Å². The molecule has 0 aliphatic heterocycles. The Morgan fingerprint density at radius 3 is 1.31 bits per heavy atom. The number of benzene rings is 3. The minimum absolute atomic E-state index is 0.101. The quantitative estimate of drug-likeness (QED) is 0.152. The van der Waals surface area contributed by atoms with E-state index in [4.69, 9.17) is 8.83 Å². The van der Waals surface area contributed by atoms with Gasteiger partial charge in [-0.15, -0.1) is 0 Å². The van der Waals surface area contributed by atoms with Crippen molar-refractivity contribution in [3.05, 3.63) is 80.5 Å². The number of anilines is 4. The van der Waals surface area contributed by atoms with Crippen LogP contribution in [0.1, 0.15) is 11.1 Å². The first kappa shape index (κ1) is 22.7. The predicted octanol–water partition coefficient (Wildman–Crippen LogP) is 4.83. The highest BCUT2D eigenvalue weighted by Crippen LogP contribution is 2.37. The zero-order chi connectivity index (χ0) is 25.7. The van der Waals surface area contributed by atoms with E-state index in [0.717, 1.165) is 0 Å². The monoisotopic (exact) mass is 488 g/mol. The molecule has 36 heavy (non-hydrogen) atoms. The molecule has 6 N–H and O–H groups in total. The van der Waals surface area contributed by atoms with Crippen molar-refractivity contribution in [3.63, 3.8) is 0 Å². The van der Waals surface area contributed by atoms with Crippen LogP contribution in [0.3, 0.4) is 0 Å². The largest absolute Gasteiger partial charge is 0.504 e. The molecule has 0 fully saturated rings. The van der Waals surface area contributed by atoms with Gasteiger partial charge in [-0.1, -0.05) is 0 Å². The molecule has 3 aromatic carbocycles. The second-order valence-electron chi connectivity index (χ2n) is 8.23. The summed E-state index contributed by atoms with van der Waals surface area (Å²) in [5.74, 6) is -1.79. The fourth-order valence-corrected chi connectivity index (χ4v) is 4.00. The zero-order valence-corrected chi connectivity index (χ0v) is 19.0. The van der Waals surface area contributed by atoms with Gasteiger partial charge in [0, 0.05) is 22.1 Å². The third-order valence-electron chi connectivity index (χ3n) is 6.00. The highest BCUT2D eigenvalue weighted by molar-refractivity contribution is 5.92. The average Bonchev–Trinajstić information content (AvgIpc) is 2.85. The maximum atomic E-state index is 12.5. The molecule has 0 radical (unpaired) electrons. The predicted molar refractivity (Wildman–Crippen MR) is 134 cm³/mol. The summed E-state index contributed by atoms with van der Waals surface area (Å²) in [5, 5.41) is 46.3. The molecule has 0 aliphatic rings. The van der Waals surface area contributed by atoms with Crippen molar-refractivity contribution < 1.29 is 29.3 Å². The van der Waals surface area contributed by atoms with Crippen LogP contribution in [-0.4, -0.2) is 20.4 Å². The standard InChI is InChI=1S/C26H20N2O8/c1-11-15-7-9-17(29)21(31)23(15)35-25(33)19(11)27-13-3-5-14(6-4-13)28-20-12(2)16-8-10-18(30)22(32)24(16)36-26(20)34/h3-10,27-32H,1-2H3. The molecule has 0 saturated carbocycles. The molecule has 2 aromatic heterocycles. The molecule has 5 aromatic rings. The normalized spacial score (nSPS) is 11.2. The van der Waals surface area contributed by atoms with Gasteiger partial charge in [0.15, 0.2) is 22.7 Å². The topological polar surface area (TPSA) is 165 Å². The van der Waals surface area contributed by atoms with E-state index in [1.807, 2.05) is 0 Å². The van der Waals surface area contributed by atoms with Gasteiger partial charge in [-0.3, -0.25) is 0 Å². The van der Waals surface area contributed by atoms with Crippen molar-refractivity contribution in [1.29, 1.82) is 0 Å². The first-order valence-electron chi connectivity index (χ1n) is 10.8. The van der Waals surface area contributed by atoms with E-state index in [2.05, 4.69) is 10.6 Å². The SMILES string of the molecule is Cc1c(Nc2ccc(Nc3c(C)c4ccc(O)c(O)c4oc3=O)cc2)c(=O)oc2c(O)c(O)ccc12. The van der Waals surface area contributed by atoms with Gasteiger partial charge in [-0.2, -0.15) is 0 Å². The van der Waals surface area contributed by atoms with Crippen molar-refractivity contribution in [2.45, 2.75) is 13.8 Å². The highest BCUT2D eigenvalue weighted by atomic mass is 16.4. The summed E-state index contributed by atoms with van der Waals surface area (Å²) in [6, 6.07) is 12.4. The fourth-order valence-electron chi connectivity index (χ4n) is 4.00. The van der Waals surface area contributed by atoms with Crippen LogP contribution in [0.15, 0.2) is 67.0 Å². The zero-order valence-electron chi connectivity index (χ0n) is 19.0. The molecule has 10 nitrogen and oxygen atoms in total. The number of aromatic hydroxyl groups is 4. The third kappa shape index (κ3) is 3.61. The molecular formula is C26H20N2O8. The Morgan fingerprint density at radius 2 is 0.944 bits per heavy atom. The molecule has 2 heterocycles. The van der Waals surface area contributed by atoms with Crippen LogP contribution in [-0.2, 0) is 0 Å². The van der Waals surface area contributed by atoms with E-state index < -0.39 is 22.8 Å². The fraction of sp³-hybridized carbons (Fsp3) is 0.0769. The lowest BCUT2D eigenvalue weighted by Crippen LogP contribution is -2.10. The molecule has 0 bridgehead atoms. The summed E-state index contributed by atoms with van der Waals surface area (Å²) in [7, 11) is 0. The number of phenolic OH excluding ortho intramolecular Hbond substituents is 4. The Kier molecular flexibility index (Phi) is 5.21. The number of hydrogen-bond acceptors (Lipinski definition) is 10. The van der Waals surface area contributed by atoms with E-state index in [-0.39, 0.29) is 34.0 Å². The number of rotatable bonds is 4. The first-order valence-corrected chi connectivity index (χ1v) is 10.8. The van der Waals surface area contributed by atoms with Crippen LogP contribution in [0.2, 0.25) is 0 Å². The number of nitrogens with one attached hydrogen (secondary N) is 2. The van der Waals surface area contributed by atoms with Crippen molar-refractivity contribution >= 4 is 44.7 Å². The lowest BCUT2D eigenvalue weighted by molar-refractivity contribution is 0.397. The van der Waals surface area contributed by atoms with E-state index in [1.54, 1.807) is 50.2 Å². The summed E-state index contributed by atoms with van der Waals surface area (Å²) in [6.07, 6.45) is 0. The number of fused-ring (bicyclic) bond motifs is 2. The van der Waals surface area contributed by atoms with Crippen molar-refractivity contribution in [2.75, 3.05) is 10.6 Å². The van der Waals surface area contributed by atoms with Gasteiger partial charge in [0.25, 0.3) is 0 Å². The molecule has 0 spiro atoms. The van der Waals surface area contributed by atoms with E-state index in [9.17, 15) is 30.0 Å². The second kappa shape index (κ2) is 8.27. The number of hydrogen-bond donors (Lipinski definition) is 6. The van der Waals surface area contributed by atoms with Gasteiger partial charge in [0.2, 0.25) is 11.5 Å². The Hall–Kier alpha value is -5.12. The maximum Gasteiger partial charge on any atom is 0.360 e. The lowest BCUT2D eigenvalue weighted by Gasteiger charge is -2.13. The molecule has 0 amide bonds. The van der Waals surface area contributed by atoms with Crippen LogP contribution in [0.25, 0.3) is 21.9 Å². The Morgan fingerprint density at radius 1 is 0.583 bits per heavy atom. The second-order valence-corrected chi connectivity index (χ2v) is 8.23. The van der Waals surface area contributed by atoms with Gasteiger partial charge in [-0.25, -0.2) is 9.59 Å².